The summed E-state index contributed by atoms with van der Waals surface area (Å²) in [7, 11) is 0. The van der Waals surface area contributed by atoms with Crippen molar-refractivity contribution < 1.29 is 0 Å². The van der Waals surface area contributed by atoms with E-state index in [0.717, 1.165) is 16.0 Å². The van der Waals surface area contributed by atoms with Gasteiger partial charge < -0.3 is 5.73 Å². The molecule has 0 bridgehead atoms. The molecule has 2 rings (SSSR count). The van der Waals surface area contributed by atoms with Gasteiger partial charge in [-0.1, -0.05) is 6.07 Å². The minimum absolute atomic E-state index is 0.102. The Kier molecular flexibility index (Phi) is 2.56. The zero-order chi connectivity index (χ0) is 9.97. The van der Waals surface area contributed by atoms with Crippen LogP contribution in [0.1, 0.15) is 22.0 Å². The second-order valence-electron chi connectivity index (χ2n) is 3.18. The van der Waals surface area contributed by atoms with Crippen LogP contribution >= 0.6 is 11.3 Å². The lowest BCUT2D eigenvalue weighted by atomic mass is 10.1. The van der Waals surface area contributed by atoms with Gasteiger partial charge in [-0.25, -0.2) is 0 Å². The van der Waals surface area contributed by atoms with Crippen molar-refractivity contribution in [2.45, 2.75) is 13.0 Å². The largest absolute Gasteiger partial charge is 0.320 e. The van der Waals surface area contributed by atoms with Crippen LogP contribution in [0.2, 0.25) is 0 Å². The molecule has 0 fully saturated rings. The zero-order valence-electron chi connectivity index (χ0n) is 7.84. The number of pyridine rings is 1. The number of aromatic nitrogens is 2. The maximum Gasteiger partial charge on any atom is 0.0794 e. The molecule has 0 radical (unpaired) electrons. The average Bonchev–Trinajstić information content (AvgIpc) is 2.69. The van der Waals surface area contributed by atoms with Crippen LogP contribution in [0.4, 0.5) is 0 Å². The predicted octanol–water partition coefficient (Wildman–Crippen LogP) is 1.89. The first-order chi connectivity index (χ1) is 6.77. The van der Waals surface area contributed by atoms with Gasteiger partial charge in [0.25, 0.3) is 0 Å². The number of nitrogens with zero attached hydrogens (tertiary/aromatic N) is 2. The Balaban J connectivity index is 2.32. The van der Waals surface area contributed by atoms with E-state index in [1.807, 2.05) is 13.1 Å². The highest BCUT2D eigenvalue weighted by atomic mass is 32.1. The van der Waals surface area contributed by atoms with Gasteiger partial charge in [0.2, 0.25) is 0 Å². The fourth-order valence-corrected chi connectivity index (χ4v) is 1.94. The van der Waals surface area contributed by atoms with E-state index < -0.39 is 0 Å². The molecule has 2 heterocycles. The number of aryl methyl sites for hydroxylation is 1. The molecule has 4 heteroatoms. The van der Waals surface area contributed by atoms with Crippen molar-refractivity contribution in [1.82, 2.24) is 9.97 Å². The summed E-state index contributed by atoms with van der Waals surface area (Å²) in [5.41, 5.74) is 10.0. The molecule has 0 aliphatic heterocycles. The number of hydrogen-bond acceptors (Lipinski definition) is 4. The molecule has 1 atom stereocenters. The summed E-state index contributed by atoms with van der Waals surface area (Å²) in [4.78, 5) is 9.20. The summed E-state index contributed by atoms with van der Waals surface area (Å²) >= 11 is 1.57. The van der Waals surface area contributed by atoms with E-state index in [0.29, 0.717) is 0 Å². The Labute approximate surface area is 86.6 Å². The second-order valence-corrected chi connectivity index (χ2v) is 4.10. The topological polar surface area (TPSA) is 51.8 Å². The van der Waals surface area contributed by atoms with Gasteiger partial charge in [-0.15, -0.1) is 11.3 Å². The van der Waals surface area contributed by atoms with Crippen LogP contribution < -0.4 is 5.73 Å². The highest BCUT2D eigenvalue weighted by Crippen LogP contribution is 2.22. The van der Waals surface area contributed by atoms with Crippen LogP contribution in [0.15, 0.2) is 30.2 Å². The molecule has 14 heavy (non-hydrogen) atoms. The second kappa shape index (κ2) is 3.86. The fourth-order valence-electron chi connectivity index (χ4n) is 1.29. The van der Waals surface area contributed by atoms with Crippen molar-refractivity contribution in [3.63, 3.8) is 0 Å². The summed E-state index contributed by atoms with van der Waals surface area (Å²) in [6.45, 7) is 2.01. The van der Waals surface area contributed by atoms with E-state index in [9.17, 15) is 0 Å². The lowest BCUT2D eigenvalue weighted by molar-refractivity contribution is 0.877. The van der Waals surface area contributed by atoms with Crippen molar-refractivity contribution >= 4 is 11.3 Å². The number of rotatable bonds is 2. The Morgan fingerprint density at radius 1 is 1.29 bits per heavy atom. The van der Waals surface area contributed by atoms with Crippen LogP contribution in [0.25, 0.3) is 0 Å². The van der Waals surface area contributed by atoms with E-state index in [4.69, 9.17) is 5.73 Å². The Morgan fingerprint density at radius 3 is 2.79 bits per heavy atom. The number of nitrogens with two attached hydrogens (primary N) is 1. The van der Waals surface area contributed by atoms with Gasteiger partial charge in [-0.3, -0.25) is 9.97 Å². The maximum atomic E-state index is 6.06. The van der Waals surface area contributed by atoms with Crippen molar-refractivity contribution in [2.75, 3.05) is 0 Å². The van der Waals surface area contributed by atoms with Crippen molar-refractivity contribution in [2.24, 2.45) is 5.73 Å². The number of thiazole rings is 1. The third kappa shape index (κ3) is 1.81. The molecule has 2 N–H and O–H groups in total. The summed E-state index contributed by atoms with van der Waals surface area (Å²) in [5, 5.41) is 0. The van der Waals surface area contributed by atoms with E-state index >= 15 is 0 Å². The van der Waals surface area contributed by atoms with Gasteiger partial charge in [-0.2, -0.15) is 0 Å². The first-order valence-electron chi connectivity index (χ1n) is 4.33. The average molecular weight is 205 g/mol. The molecule has 0 spiro atoms. The van der Waals surface area contributed by atoms with Crippen LogP contribution in [0.3, 0.4) is 0 Å². The molecule has 72 valence electrons. The Morgan fingerprint density at radius 2 is 2.14 bits per heavy atom. The van der Waals surface area contributed by atoms with Crippen molar-refractivity contribution in [3.05, 3.63) is 46.2 Å². The summed E-state index contributed by atoms with van der Waals surface area (Å²) in [6, 6.07) is 1.95. The van der Waals surface area contributed by atoms with E-state index in [2.05, 4.69) is 16.0 Å². The van der Waals surface area contributed by atoms with Gasteiger partial charge in [-0.05, 0) is 18.1 Å². The predicted molar refractivity (Wildman–Crippen MR) is 57.1 cm³/mol. The zero-order valence-corrected chi connectivity index (χ0v) is 8.66. The molecular weight excluding hydrogens is 194 g/mol. The minimum Gasteiger partial charge on any atom is -0.320 e. The molecule has 0 aliphatic rings. The van der Waals surface area contributed by atoms with E-state index in [1.54, 1.807) is 29.2 Å². The van der Waals surface area contributed by atoms with Gasteiger partial charge in [0.15, 0.2) is 0 Å². The lowest BCUT2D eigenvalue weighted by Crippen LogP contribution is -2.10. The first-order valence-corrected chi connectivity index (χ1v) is 5.21. The van der Waals surface area contributed by atoms with Crippen LogP contribution in [-0.2, 0) is 0 Å². The van der Waals surface area contributed by atoms with Crippen molar-refractivity contribution in [1.29, 1.82) is 0 Å². The van der Waals surface area contributed by atoms with Crippen LogP contribution in [0, 0.1) is 6.92 Å². The summed E-state index contributed by atoms with van der Waals surface area (Å²) in [6.07, 6.45) is 5.43. The Bertz CT molecular complexity index is 411. The number of hydrogen-bond donors (Lipinski definition) is 1. The standard InChI is InChI=1S/C10H11N3S/c1-7-2-8(4-12-3-7)10(11)9-5-13-6-14-9/h2-6,10H,11H2,1H3. The molecule has 2 aromatic rings. The molecule has 0 saturated carbocycles. The third-order valence-electron chi connectivity index (χ3n) is 2.01. The monoisotopic (exact) mass is 205 g/mol. The van der Waals surface area contributed by atoms with Gasteiger partial charge >= 0.3 is 0 Å². The highest BCUT2D eigenvalue weighted by Gasteiger charge is 2.10. The third-order valence-corrected chi connectivity index (χ3v) is 2.87. The fraction of sp³-hybridized carbons (Fsp3) is 0.200. The molecule has 0 aliphatic carbocycles. The molecule has 1 unspecified atom stereocenters. The van der Waals surface area contributed by atoms with Crippen LogP contribution in [0.5, 0.6) is 0 Å². The minimum atomic E-state index is -0.102. The highest BCUT2D eigenvalue weighted by molar-refractivity contribution is 7.09. The normalized spacial score (nSPS) is 12.7. The molecular formula is C10H11N3S. The molecule has 0 aromatic carbocycles. The van der Waals surface area contributed by atoms with Crippen molar-refractivity contribution in [3.8, 4) is 0 Å². The molecule has 2 aromatic heterocycles. The Hall–Kier alpha value is -1.26. The lowest BCUT2D eigenvalue weighted by Gasteiger charge is -2.08. The van der Waals surface area contributed by atoms with Crippen LogP contribution in [-0.4, -0.2) is 9.97 Å². The smallest absolute Gasteiger partial charge is 0.0794 e. The molecule has 3 nitrogen and oxygen atoms in total. The SMILES string of the molecule is Cc1cncc(C(N)c2cncs2)c1. The molecule has 0 saturated heterocycles. The maximum absolute atomic E-state index is 6.06. The summed E-state index contributed by atoms with van der Waals surface area (Å²) in [5.74, 6) is 0. The first kappa shape index (κ1) is 9.30. The summed E-state index contributed by atoms with van der Waals surface area (Å²) < 4.78 is 0. The van der Waals surface area contributed by atoms with Gasteiger partial charge in [0, 0.05) is 23.5 Å². The van der Waals surface area contributed by atoms with E-state index in [1.165, 1.54) is 0 Å². The van der Waals surface area contributed by atoms with Gasteiger partial charge in [0.1, 0.15) is 0 Å². The molecule has 0 amide bonds. The quantitative estimate of drug-likeness (QED) is 0.814. The van der Waals surface area contributed by atoms with E-state index in [-0.39, 0.29) is 6.04 Å². The van der Waals surface area contributed by atoms with Gasteiger partial charge in [0.05, 0.1) is 11.6 Å².